The van der Waals surface area contributed by atoms with Crippen molar-refractivity contribution in [2.75, 3.05) is 0 Å². The van der Waals surface area contributed by atoms with Crippen molar-refractivity contribution in [3.63, 3.8) is 0 Å². The first kappa shape index (κ1) is 13.4. The van der Waals surface area contributed by atoms with E-state index in [-0.39, 0.29) is 5.56 Å². The predicted molar refractivity (Wildman–Crippen MR) is 68.9 cm³/mol. The fourth-order valence-corrected chi connectivity index (χ4v) is 1.97. The van der Waals surface area contributed by atoms with Crippen LogP contribution in [-0.2, 0) is 20.1 Å². The molecular formula is C13H17N3O3. The summed E-state index contributed by atoms with van der Waals surface area (Å²) in [7, 11) is 1.91. The van der Waals surface area contributed by atoms with Crippen molar-refractivity contribution in [2.45, 2.75) is 26.9 Å². The summed E-state index contributed by atoms with van der Waals surface area (Å²) in [4.78, 5) is 10.7. The van der Waals surface area contributed by atoms with Crippen LogP contribution in [0.2, 0.25) is 0 Å². The van der Waals surface area contributed by atoms with Gasteiger partial charge in [-0.15, -0.1) is 0 Å². The lowest BCUT2D eigenvalue weighted by atomic mass is 10.2. The first-order chi connectivity index (χ1) is 8.99. The highest BCUT2D eigenvalue weighted by molar-refractivity contribution is 5.87. The normalized spacial score (nSPS) is 10.9. The number of aromatic carboxylic acids is 1. The molecule has 2 rings (SSSR count). The number of carboxylic acid groups (broad SMARTS) is 1. The number of nitrogens with zero attached hydrogens (tertiary/aromatic N) is 2. The molecule has 0 saturated heterocycles. The summed E-state index contributed by atoms with van der Waals surface area (Å²) >= 11 is 0. The summed E-state index contributed by atoms with van der Waals surface area (Å²) in [5.74, 6) is -0.370. The molecule has 2 heterocycles. The van der Waals surface area contributed by atoms with Gasteiger partial charge in [0.1, 0.15) is 12.0 Å². The zero-order valence-electron chi connectivity index (χ0n) is 11.2. The van der Waals surface area contributed by atoms with Gasteiger partial charge in [0.2, 0.25) is 0 Å². The van der Waals surface area contributed by atoms with Gasteiger partial charge in [-0.05, 0) is 19.9 Å². The van der Waals surface area contributed by atoms with Crippen LogP contribution in [0.3, 0.4) is 0 Å². The number of rotatable bonds is 5. The average Bonchev–Trinajstić information content (AvgIpc) is 2.90. The van der Waals surface area contributed by atoms with Gasteiger partial charge < -0.3 is 14.8 Å². The Morgan fingerprint density at radius 2 is 2.21 bits per heavy atom. The molecule has 2 aromatic heterocycles. The molecule has 0 unspecified atom stereocenters. The van der Waals surface area contributed by atoms with Gasteiger partial charge in [0.15, 0.2) is 0 Å². The minimum atomic E-state index is -0.978. The molecule has 2 N–H and O–H groups in total. The van der Waals surface area contributed by atoms with Gasteiger partial charge in [-0.3, -0.25) is 4.68 Å². The molecule has 0 saturated carbocycles. The highest BCUT2D eigenvalue weighted by atomic mass is 16.4. The molecule has 0 aromatic carbocycles. The summed E-state index contributed by atoms with van der Waals surface area (Å²) in [6.07, 6.45) is 1.25. The number of furan rings is 1. The number of carbonyl (C=O) groups is 1. The minimum absolute atomic E-state index is 0.172. The van der Waals surface area contributed by atoms with E-state index in [4.69, 9.17) is 9.52 Å². The van der Waals surface area contributed by atoms with Crippen molar-refractivity contribution in [1.82, 2.24) is 15.1 Å². The van der Waals surface area contributed by atoms with Crippen molar-refractivity contribution in [3.8, 4) is 0 Å². The Balaban J connectivity index is 1.94. The van der Waals surface area contributed by atoms with Gasteiger partial charge in [0.25, 0.3) is 0 Å². The molecule has 0 radical (unpaired) electrons. The number of hydrogen-bond donors (Lipinski definition) is 2. The third-order valence-electron chi connectivity index (χ3n) is 3.16. The highest BCUT2D eigenvalue weighted by Gasteiger charge is 2.10. The van der Waals surface area contributed by atoms with Crippen LogP contribution in [0.5, 0.6) is 0 Å². The van der Waals surface area contributed by atoms with E-state index in [1.807, 2.05) is 25.6 Å². The molecule has 0 aliphatic rings. The lowest BCUT2D eigenvalue weighted by Crippen LogP contribution is -2.13. The Labute approximate surface area is 111 Å². The summed E-state index contributed by atoms with van der Waals surface area (Å²) in [5.41, 5.74) is 3.45. The maximum atomic E-state index is 10.7. The minimum Gasteiger partial charge on any atom is -0.478 e. The number of hydrogen-bond acceptors (Lipinski definition) is 4. The Morgan fingerprint density at radius 1 is 1.47 bits per heavy atom. The Kier molecular flexibility index (Phi) is 3.71. The van der Waals surface area contributed by atoms with E-state index in [0.29, 0.717) is 18.8 Å². The summed E-state index contributed by atoms with van der Waals surface area (Å²) in [6.45, 7) is 5.15. The van der Waals surface area contributed by atoms with Gasteiger partial charge in [-0.25, -0.2) is 4.79 Å². The van der Waals surface area contributed by atoms with Crippen molar-refractivity contribution < 1.29 is 14.3 Å². The molecule has 19 heavy (non-hydrogen) atoms. The van der Waals surface area contributed by atoms with Gasteiger partial charge in [0.05, 0.1) is 17.8 Å². The molecule has 0 bridgehead atoms. The van der Waals surface area contributed by atoms with Crippen molar-refractivity contribution in [2.24, 2.45) is 7.05 Å². The number of carboxylic acids is 1. The van der Waals surface area contributed by atoms with E-state index in [1.165, 1.54) is 12.3 Å². The molecule has 0 atom stereocenters. The third-order valence-corrected chi connectivity index (χ3v) is 3.16. The second-order valence-corrected chi connectivity index (χ2v) is 4.48. The zero-order chi connectivity index (χ0) is 14.0. The van der Waals surface area contributed by atoms with E-state index in [2.05, 4.69) is 10.4 Å². The van der Waals surface area contributed by atoms with E-state index >= 15 is 0 Å². The monoisotopic (exact) mass is 263 g/mol. The van der Waals surface area contributed by atoms with Crippen LogP contribution < -0.4 is 5.32 Å². The Morgan fingerprint density at radius 3 is 2.74 bits per heavy atom. The molecule has 0 aliphatic heterocycles. The first-order valence-electron chi connectivity index (χ1n) is 5.99. The van der Waals surface area contributed by atoms with Gasteiger partial charge >= 0.3 is 5.97 Å². The predicted octanol–water partition coefficient (Wildman–Crippen LogP) is 1.62. The maximum Gasteiger partial charge on any atom is 0.338 e. The first-order valence-corrected chi connectivity index (χ1v) is 5.99. The number of aryl methyl sites for hydroxylation is 2. The van der Waals surface area contributed by atoms with Crippen molar-refractivity contribution in [3.05, 3.63) is 40.6 Å². The summed E-state index contributed by atoms with van der Waals surface area (Å²) < 4.78 is 7.01. The molecular weight excluding hydrogens is 246 g/mol. The smallest absolute Gasteiger partial charge is 0.338 e. The van der Waals surface area contributed by atoms with E-state index < -0.39 is 5.97 Å². The van der Waals surface area contributed by atoms with Crippen LogP contribution in [-0.4, -0.2) is 20.9 Å². The molecule has 0 amide bonds. The van der Waals surface area contributed by atoms with Gasteiger partial charge in [-0.2, -0.15) is 5.10 Å². The second-order valence-electron chi connectivity index (χ2n) is 4.48. The van der Waals surface area contributed by atoms with Crippen molar-refractivity contribution >= 4 is 5.97 Å². The molecule has 0 fully saturated rings. The summed E-state index contributed by atoms with van der Waals surface area (Å²) in [6, 6.07) is 1.53. The molecule has 102 valence electrons. The van der Waals surface area contributed by atoms with Crippen molar-refractivity contribution in [1.29, 1.82) is 0 Å². The summed E-state index contributed by atoms with van der Waals surface area (Å²) in [5, 5.41) is 16.3. The van der Waals surface area contributed by atoms with E-state index in [1.54, 1.807) is 0 Å². The molecule has 0 spiro atoms. The zero-order valence-corrected chi connectivity index (χ0v) is 11.2. The van der Waals surface area contributed by atoms with E-state index in [0.717, 1.165) is 17.0 Å². The highest BCUT2D eigenvalue weighted by Crippen LogP contribution is 2.12. The van der Waals surface area contributed by atoms with Crippen LogP contribution in [0.4, 0.5) is 0 Å². The van der Waals surface area contributed by atoms with Crippen LogP contribution in [0.1, 0.15) is 33.1 Å². The maximum absolute atomic E-state index is 10.7. The molecule has 0 aliphatic carbocycles. The average molecular weight is 263 g/mol. The Bertz CT molecular complexity index is 598. The standard InChI is InChI=1S/C13H17N3O3/c1-8-12(9(2)16(3)15-8)6-14-5-11-4-10(7-19-11)13(17)18/h4,7,14H,5-6H2,1-3H3,(H,17,18). The fourth-order valence-electron chi connectivity index (χ4n) is 1.97. The van der Waals surface area contributed by atoms with Crippen LogP contribution >= 0.6 is 0 Å². The Hall–Kier alpha value is -2.08. The second kappa shape index (κ2) is 5.27. The van der Waals surface area contributed by atoms with E-state index in [9.17, 15) is 4.79 Å². The lowest BCUT2D eigenvalue weighted by molar-refractivity contribution is 0.0696. The topological polar surface area (TPSA) is 80.3 Å². The lowest BCUT2D eigenvalue weighted by Gasteiger charge is -2.03. The number of aromatic nitrogens is 2. The quantitative estimate of drug-likeness (QED) is 0.856. The largest absolute Gasteiger partial charge is 0.478 e. The SMILES string of the molecule is Cc1nn(C)c(C)c1CNCc1cc(C(=O)O)co1. The molecule has 6 heteroatoms. The molecule has 2 aromatic rings. The van der Waals surface area contributed by atoms with Crippen LogP contribution in [0.25, 0.3) is 0 Å². The number of nitrogens with one attached hydrogen (secondary N) is 1. The fraction of sp³-hybridized carbons (Fsp3) is 0.385. The molecule has 6 nitrogen and oxygen atoms in total. The van der Waals surface area contributed by atoms with Gasteiger partial charge in [-0.1, -0.05) is 0 Å². The third kappa shape index (κ3) is 2.85. The van der Waals surface area contributed by atoms with Gasteiger partial charge in [0, 0.05) is 24.8 Å². The van der Waals surface area contributed by atoms with Crippen LogP contribution in [0, 0.1) is 13.8 Å². The van der Waals surface area contributed by atoms with Crippen LogP contribution in [0.15, 0.2) is 16.7 Å².